The first kappa shape index (κ1) is 16.0. The van der Waals surface area contributed by atoms with Gasteiger partial charge in [-0.3, -0.25) is 4.79 Å². The van der Waals surface area contributed by atoms with Gasteiger partial charge < -0.3 is 14.4 Å². The Morgan fingerprint density at radius 2 is 1.88 bits per heavy atom. The van der Waals surface area contributed by atoms with Crippen molar-refractivity contribution in [3.05, 3.63) is 59.4 Å². The van der Waals surface area contributed by atoms with Crippen molar-refractivity contribution >= 4 is 5.91 Å². The summed E-state index contributed by atoms with van der Waals surface area (Å²) in [6, 6.07) is 12.5. The van der Waals surface area contributed by atoms with Crippen molar-refractivity contribution in [3.8, 4) is 17.6 Å². The summed E-state index contributed by atoms with van der Waals surface area (Å²) in [6.45, 7) is 2.24. The molecule has 1 amide bonds. The summed E-state index contributed by atoms with van der Waals surface area (Å²) in [6.07, 6.45) is 0. The van der Waals surface area contributed by atoms with Crippen LogP contribution in [-0.4, -0.2) is 37.1 Å². The topological polar surface area (TPSA) is 62.6 Å². The van der Waals surface area contributed by atoms with E-state index < -0.39 is 5.82 Å². The van der Waals surface area contributed by atoms with Crippen LogP contribution in [0.5, 0.6) is 11.5 Å². The van der Waals surface area contributed by atoms with Crippen LogP contribution in [-0.2, 0) is 4.74 Å². The second-order valence-corrected chi connectivity index (χ2v) is 5.26. The molecule has 0 bridgehead atoms. The van der Waals surface area contributed by atoms with Crippen LogP contribution in [0.15, 0.2) is 42.5 Å². The van der Waals surface area contributed by atoms with Crippen molar-refractivity contribution < 1.29 is 18.7 Å². The van der Waals surface area contributed by atoms with Crippen LogP contribution < -0.4 is 4.74 Å². The van der Waals surface area contributed by atoms with Gasteiger partial charge in [-0.05, 0) is 36.4 Å². The van der Waals surface area contributed by atoms with Crippen LogP contribution in [0.1, 0.15) is 15.9 Å². The fourth-order valence-corrected chi connectivity index (χ4v) is 2.44. The van der Waals surface area contributed by atoms with Crippen LogP contribution in [0.25, 0.3) is 0 Å². The van der Waals surface area contributed by atoms with Crippen molar-refractivity contribution in [2.45, 2.75) is 0 Å². The van der Waals surface area contributed by atoms with E-state index in [-0.39, 0.29) is 17.2 Å². The molecule has 6 heteroatoms. The lowest BCUT2D eigenvalue weighted by atomic mass is 10.1. The molecule has 1 heterocycles. The van der Waals surface area contributed by atoms with Crippen LogP contribution in [0.3, 0.4) is 0 Å². The zero-order valence-corrected chi connectivity index (χ0v) is 12.9. The lowest BCUT2D eigenvalue weighted by molar-refractivity contribution is 0.0303. The maximum atomic E-state index is 13.6. The van der Waals surface area contributed by atoms with Gasteiger partial charge in [-0.1, -0.05) is 6.07 Å². The number of amides is 1. The zero-order chi connectivity index (χ0) is 16.9. The van der Waals surface area contributed by atoms with E-state index in [2.05, 4.69) is 0 Å². The maximum Gasteiger partial charge on any atom is 0.254 e. The second-order valence-electron chi connectivity index (χ2n) is 5.26. The van der Waals surface area contributed by atoms with E-state index in [1.807, 2.05) is 0 Å². The van der Waals surface area contributed by atoms with E-state index in [1.54, 1.807) is 35.2 Å². The average Bonchev–Trinajstić information content (AvgIpc) is 2.63. The van der Waals surface area contributed by atoms with Gasteiger partial charge in [-0.25, -0.2) is 4.39 Å². The Bertz CT molecular complexity index is 778. The molecule has 0 radical (unpaired) electrons. The number of benzene rings is 2. The minimum Gasteiger partial charge on any atom is -0.456 e. The molecule has 0 aliphatic carbocycles. The summed E-state index contributed by atoms with van der Waals surface area (Å²) in [5.41, 5.74) is 0.398. The number of ether oxygens (including phenoxy) is 2. The number of carbonyl (C=O) groups excluding carboxylic acids is 1. The Hall–Kier alpha value is -2.91. The molecule has 0 aromatic heterocycles. The monoisotopic (exact) mass is 326 g/mol. The van der Waals surface area contributed by atoms with Crippen LogP contribution in [0.4, 0.5) is 4.39 Å². The van der Waals surface area contributed by atoms with Crippen LogP contribution >= 0.6 is 0 Å². The summed E-state index contributed by atoms with van der Waals surface area (Å²) in [5, 5.41) is 9.01. The molecule has 3 rings (SSSR count). The first-order valence-corrected chi connectivity index (χ1v) is 7.52. The summed E-state index contributed by atoms with van der Waals surface area (Å²) < 4.78 is 24.4. The number of rotatable bonds is 3. The molecule has 5 nitrogen and oxygen atoms in total. The van der Waals surface area contributed by atoms with Gasteiger partial charge in [-0.2, -0.15) is 5.26 Å². The molecule has 122 valence electrons. The molecular weight excluding hydrogens is 311 g/mol. The summed E-state index contributed by atoms with van der Waals surface area (Å²) in [7, 11) is 0. The minimum atomic E-state index is -0.630. The number of hydrogen-bond acceptors (Lipinski definition) is 4. The van der Waals surface area contributed by atoms with Crippen molar-refractivity contribution in [3.63, 3.8) is 0 Å². The third kappa shape index (κ3) is 3.36. The molecule has 0 spiro atoms. The smallest absolute Gasteiger partial charge is 0.254 e. The second kappa shape index (κ2) is 7.11. The zero-order valence-electron chi connectivity index (χ0n) is 12.9. The summed E-state index contributed by atoms with van der Waals surface area (Å²) >= 11 is 0. The fraction of sp³-hybridized carbons (Fsp3) is 0.222. The quantitative estimate of drug-likeness (QED) is 0.870. The van der Waals surface area contributed by atoms with Gasteiger partial charge in [0, 0.05) is 18.7 Å². The average molecular weight is 326 g/mol. The van der Waals surface area contributed by atoms with Gasteiger partial charge in [0.2, 0.25) is 0 Å². The van der Waals surface area contributed by atoms with E-state index in [0.717, 1.165) is 0 Å². The van der Waals surface area contributed by atoms with E-state index >= 15 is 0 Å². The van der Waals surface area contributed by atoms with Crippen molar-refractivity contribution in [1.82, 2.24) is 4.90 Å². The van der Waals surface area contributed by atoms with E-state index in [0.29, 0.717) is 37.6 Å². The number of nitriles is 1. The molecular formula is C18H15FN2O3. The molecule has 1 aliphatic rings. The fourth-order valence-electron chi connectivity index (χ4n) is 2.44. The summed E-state index contributed by atoms with van der Waals surface area (Å²) in [4.78, 5) is 14.1. The van der Waals surface area contributed by atoms with Gasteiger partial charge in [-0.15, -0.1) is 0 Å². The highest BCUT2D eigenvalue weighted by molar-refractivity contribution is 5.94. The standard InChI is InChI=1S/C18H15FN2O3/c19-16-2-1-3-17(15(16)12-20)24-14-6-4-13(5-7-14)18(22)21-8-10-23-11-9-21/h1-7H,8-11H2. The minimum absolute atomic E-state index is 0.0617. The number of nitrogens with zero attached hydrogens (tertiary/aromatic N) is 2. The molecule has 2 aromatic carbocycles. The largest absolute Gasteiger partial charge is 0.456 e. The maximum absolute atomic E-state index is 13.6. The number of halogens is 1. The highest BCUT2D eigenvalue weighted by atomic mass is 19.1. The Kier molecular flexibility index (Phi) is 4.73. The predicted molar refractivity (Wildman–Crippen MR) is 84.4 cm³/mol. The highest BCUT2D eigenvalue weighted by Crippen LogP contribution is 2.27. The molecule has 1 fully saturated rings. The van der Waals surface area contributed by atoms with Gasteiger partial charge in [0.1, 0.15) is 28.9 Å². The first-order valence-electron chi connectivity index (χ1n) is 7.52. The normalized spacial score (nSPS) is 14.1. The third-order valence-corrected chi connectivity index (χ3v) is 3.71. The molecule has 1 aliphatic heterocycles. The van der Waals surface area contributed by atoms with Crippen molar-refractivity contribution in [2.75, 3.05) is 26.3 Å². The molecule has 0 saturated carbocycles. The molecule has 1 saturated heterocycles. The lowest BCUT2D eigenvalue weighted by Crippen LogP contribution is -2.40. The Morgan fingerprint density at radius 3 is 2.54 bits per heavy atom. The van der Waals surface area contributed by atoms with Gasteiger partial charge in [0.15, 0.2) is 0 Å². The number of morpholine rings is 1. The number of hydrogen-bond donors (Lipinski definition) is 0. The molecule has 0 atom stereocenters. The van der Waals surface area contributed by atoms with Crippen molar-refractivity contribution in [2.24, 2.45) is 0 Å². The Labute approximate surface area is 138 Å². The predicted octanol–water partition coefficient (Wildman–Crippen LogP) is 2.96. The third-order valence-electron chi connectivity index (χ3n) is 3.71. The molecule has 0 N–H and O–H groups in total. The van der Waals surface area contributed by atoms with Crippen LogP contribution in [0, 0.1) is 17.1 Å². The van der Waals surface area contributed by atoms with Crippen molar-refractivity contribution in [1.29, 1.82) is 5.26 Å². The first-order chi connectivity index (χ1) is 11.7. The van der Waals surface area contributed by atoms with Gasteiger partial charge >= 0.3 is 0 Å². The van der Waals surface area contributed by atoms with E-state index in [1.165, 1.54) is 18.2 Å². The van der Waals surface area contributed by atoms with Gasteiger partial charge in [0.25, 0.3) is 5.91 Å². The van der Waals surface area contributed by atoms with E-state index in [4.69, 9.17) is 14.7 Å². The highest BCUT2D eigenvalue weighted by Gasteiger charge is 2.18. The summed E-state index contributed by atoms with van der Waals surface area (Å²) in [5.74, 6) is -0.122. The molecule has 24 heavy (non-hydrogen) atoms. The van der Waals surface area contributed by atoms with Crippen LogP contribution in [0.2, 0.25) is 0 Å². The Balaban J connectivity index is 1.74. The Morgan fingerprint density at radius 1 is 1.17 bits per heavy atom. The number of carbonyl (C=O) groups is 1. The molecule has 2 aromatic rings. The molecule has 0 unspecified atom stereocenters. The van der Waals surface area contributed by atoms with Gasteiger partial charge in [0.05, 0.1) is 13.2 Å². The SMILES string of the molecule is N#Cc1c(F)cccc1Oc1ccc(C(=O)N2CCOCC2)cc1. The van der Waals surface area contributed by atoms with E-state index in [9.17, 15) is 9.18 Å². The lowest BCUT2D eigenvalue weighted by Gasteiger charge is -2.26.